The highest BCUT2D eigenvalue weighted by Crippen LogP contribution is 2.17. The first-order chi connectivity index (χ1) is 8.67. The summed E-state index contributed by atoms with van der Waals surface area (Å²) in [5.74, 6) is 0.109. The number of hydrogen-bond acceptors (Lipinski definition) is 2. The minimum Gasteiger partial charge on any atom is -0.326 e. The zero-order valence-corrected chi connectivity index (χ0v) is 11.6. The highest BCUT2D eigenvalue weighted by atomic mass is 16.1. The van der Waals surface area contributed by atoms with E-state index in [-0.39, 0.29) is 5.91 Å². The third kappa shape index (κ3) is 4.88. The van der Waals surface area contributed by atoms with E-state index in [0.29, 0.717) is 12.5 Å². The first-order valence-electron chi connectivity index (χ1n) is 6.74. The summed E-state index contributed by atoms with van der Waals surface area (Å²) in [4.78, 5) is 11.7. The van der Waals surface area contributed by atoms with Gasteiger partial charge in [0.1, 0.15) is 0 Å². The Labute approximate surface area is 110 Å². The summed E-state index contributed by atoms with van der Waals surface area (Å²) in [5.41, 5.74) is 2.07. The predicted octanol–water partition coefficient (Wildman–Crippen LogP) is 3.49. The molecule has 3 nitrogen and oxygen atoms in total. The minimum atomic E-state index is 0.109. The predicted molar refractivity (Wildman–Crippen MR) is 76.7 cm³/mol. The van der Waals surface area contributed by atoms with E-state index >= 15 is 0 Å². The Balaban J connectivity index is 2.53. The van der Waals surface area contributed by atoms with Crippen molar-refractivity contribution in [3.63, 3.8) is 0 Å². The third-order valence-electron chi connectivity index (χ3n) is 3.11. The Bertz CT molecular complexity index is 377. The van der Waals surface area contributed by atoms with E-state index in [2.05, 4.69) is 30.5 Å². The third-order valence-corrected chi connectivity index (χ3v) is 3.11. The highest BCUT2D eigenvalue weighted by molar-refractivity contribution is 5.90. The SMILES string of the molecule is CCCCCC(=O)Nc1cccc(C(C)NC)c1. The number of benzene rings is 1. The van der Waals surface area contributed by atoms with Crippen LogP contribution in [0.3, 0.4) is 0 Å². The lowest BCUT2D eigenvalue weighted by molar-refractivity contribution is -0.116. The number of rotatable bonds is 7. The Morgan fingerprint density at radius 3 is 2.78 bits per heavy atom. The van der Waals surface area contributed by atoms with Crippen molar-refractivity contribution in [3.05, 3.63) is 29.8 Å². The molecular weight excluding hydrogens is 224 g/mol. The van der Waals surface area contributed by atoms with Gasteiger partial charge in [-0.2, -0.15) is 0 Å². The molecule has 18 heavy (non-hydrogen) atoms. The van der Waals surface area contributed by atoms with Crippen LogP contribution in [0.2, 0.25) is 0 Å². The number of carbonyl (C=O) groups excluding carboxylic acids is 1. The van der Waals surface area contributed by atoms with Crippen LogP contribution in [-0.4, -0.2) is 13.0 Å². The standard InChI is InChI=1S/C15H24N2O/c1-4-5-6-10-15(18)17-14-9-7-8-13(11-14)12(2)16-3/h7-9,11-12,16H,4-6,10H2,1-3H3,(H,17,18). The summed E-state index contributed by atoms with van der Waals surface area (Å²) in [6.07, 6.45) is 3.83. The van der Waals surface area contributed by atoms with Gasteiger partial charge in [0.2, 0.25) is 5.91 Å². The first kappa shape index (κ1) is 14.7. The number of hydrogen-bond donors (Lipinski definition) is 2. The van der Waals surface area contributed by atoms with Crippen LogP contribution in [-0.2, 0) is 4.79 Å². The molecule has 0 radical (unpaired) electrons. The first-order valence-corrected chi connectivity index (χ1v) is 6.74. The van der Waals surface area contributed by atoms with E-state index in [1.165, 1.54) is 5.56 Å². The molecule has 3 heteroatoms. The average molecular weight is 248 g/mol. The van der Waals surface area contributed by atoms with Crippen LogP contribution in [0.4, 0.5) is 5.69 Å². The minimum absolute atomic E-state index is 0.109. The van der Waals surface area contributed by atoms with Gasteiger partial charge >= 0.3 is 0 Å². The van der Waals surface area contributed by atoms with Gasteiger partial charge in [-0.3, -0.25) is 4.79 Å². The average Bonchev–Trinajstić information content (AvgIpc) is 2.38. The maximum Gasteiger partial charge on any atom is 0.224 e. The lowest BCUT2D eigenvalue weighted by atomic mass is 10.1. The molecule has 0 aliphatic rings. The molecule has 0 saturated carbocycles. The van der Waals surface area contributed by atoms with Crippen LogP contribution in [0.25, 0.3) is 0 Å². The van der Waals surface area contributed by atoms with Crippen molar-refractivity contribution in [1.29, 1.82) is 0 Å². The van der Waals surface area contributed by atoms with Gasteiger partial charge in [-0.1, -0.05) is 31.9 Å². The fourth-order valence-corrected chi connectivity index (χ4v) is 1.81. The van der Waals surface area contributed by atoms with Crippen LogP contribution in [0, 0.1) is 0 Å². The molecule has 1 aromatic rings. The van der Waals surface area contributed by atoms with Crippen molar-refractivity contribution in [2.45, 2.75) is 45.6 Å². The van der Waals surface area contributed by atoms with Crippen molar-refractivity contribution in [1.82, 2.24) is 5.32 Å². The molecule has 1 aromatic carbocycles. The van der Waals surface area contributed by atoms with Crippen LogP contribution >= 0.6 is 0 Å². The molecular formula is C15H24N2O. The van der Waals surface area contributed by atoms with Gasteiger partial charge in [-0.25, -0.2) is 0 Å². The van der Waals surface area contributed by atoms with E-state index in [4.69, 9.17) is 0 Å². The smallest absolute Gasteiger partial charge is 0.224 e. The molecule has 0 aromatic heterocycles. The maximum absolute atomic E-state index is 11.7. The van der Waals surface area contributed by atoms with Crippen molar-refractivity contribution in [3.8, 4) is 0 Å². The van der Waals surface area contributed by atoms with E-state index in [1.54, 1.807) is 0 Å². The molecule has 1 rings (SSSR count). The largest absolute Gasteiger partial charge is 0.326 e. The molecule has 0 fully saturated rings. The Morgan fingerprint density at radius 2 is 2.11 bits per heavy atom. The summed E-state index contributed by atoms with van der Waals surface area (Å²) in [6.45, 7) is 4.24. The summed E-state index contributed by atoms with van der Waals surface area (Å²) in [6, 6.07) is 8.29. The van der Waals surface area contributed by atoms with E-state index in [0.717, 1.165) is 24.9 Å². The summed E-state index contributed by atoms with van der Waals surface area (Å²) in [5, 5.41) is 6.14. The fourth-order valence-electron chi connectivity index (χ4n) is 1.81. The van der Waals surface area contributed by atoms with Gasteiger partial charge in [0.25, 0.3) is 0 Å². The van der Waals surface area contributed by atoms with E-state index < -0.39 is 0 Å². The molecule has 0 aliphatic heterocycles. The normalized spacial score (nSPS) is 12.2. The number of amides is 1. The number of anilines is 1. The molecule has 1 unspecified atom stereocenters. The quantitative estimate of drug-likeness (QED) is 0.725. The molecule has 2 N–H and O–H groups in total. The zero-order chi connectivity index (χ0) is 13.4. The van der Waals surface area contributed by atoms with Crippen LogP contribution in [0.5, 0.6) is 0 Å². The van der Waals surface area contributed by atoms with Gasteiger partial charge in [0.05, 0.1) is 0 Å². The Kier molecular flexibility index (Phi) is 6.44. The molecule has 0 bridgehead atoms. The molecule has 0 spiro atoms. The Hall–Kier alpha value is -1.35. The van der Waals surface area contributed by atoms with Crippen LogP contribution < -0.4 is 10.6 Å². The second-order valence-electron chi connectivity index (χ2n) is 4.64. The van der Waals surface area contributed by atoms with Crippen molar-refractivity contribution in [2.24, 2.45) is 0 Å². The van der Waals surface area contributed by atoms with Gasteiger partial charge in [-0.15, -0.1) is 0 Å². The second-order valence-corrected chi connectivity index (χ2v) is 4.64. The topological polar surface area (TPSA) is 41.1 Å². The second kappa shape index (κ2) is 7.88. The van der Waals surface area contributed by atoms with Crippen molar-refractivity contribution in [2.75, 3.05) is 12.4 Å². The van der Waals surface area contributed by atoms with Crippen molar-refractivity contribution < 1.29 is 4.79 Å². The molecule has 0 heterocycles. The molecule has 0 saturated heterocycles. The summed E-state index contributed by atoms with van der Waals surface area (Å²) < 4.78 is 0. The highest BCUT2D eigenvalue weighted by Gasteiger charge is 2.05. The van der Waals surface area contributed by atoms with Crippen molar-refractivity contribution >= 4 is 11.6 Å². The zero-order valence-electron chi connectivity index (χ0n) is 11.6. The molecule has 0 aliphatic carbocycles. The Morgan fingerprint density at radius 1 is 1.33 bits per heavy atom. The molecule has 100 valence electrons. The van der Waals surface area contributed by atoms with Crippen LogP contribution in [0.15, 0.2) is 24.3 Å². The lowest BCUT2D eigenvalue weighted by Crippen LogP contribution is -2.14. The van der Waals surface area contributed by atoms with Gasteiger partial charge in [0.15, 0.2) is 0 Å². The van der Waals surface area contributed by atoms with E-state index in [1.807, 2.05) is 25.2 Å². The number of unbranched alkanes of at least 4 members (excludes halogenated alkanes) is 2. The number of carbonyl (C=O) groups is 1. The van der Waals surface area contributed by atoms with E-state index in [9.17, 15) is 4.79 Å². The van der Waals surface area contributed by atoms with Crippen LogP contribution in [0.1, 0.15) is 51.1 Å². The number of nitrogens with one attached hydrogen (secondary N) is 2. The lowest BCUT2D eigenvalue weighted by Gasteiger charge is -2.12. The van der Waals surface area contributed by atoms with Gasteiger partial charge in [0, 0.05) is 18.2 Å². The monoisotopic (exact) mass is 248 g/mol. The maximum atomic E-state index is 11.7. The van der Waals surface area contributed by atoms with Gasteiger partial charge < -0.3 is 10.6 Å². The summed E-state index contributed by atoms with van der Waals surface area (Å²) >= 11 is 0. The van der Waals surface area contributed by atoms with Gasteiger partial charge in [-0.05, 0) is 38.1 Å². The fraction of sp³-hybridized carbons (Fsp3) is 0.533. The molecule has 1 atom stereocenters. The summed E-state index contributed by atoms with van der Waals surface area (Å²) in [7, 11) is 1.93. The molecule has 1 amide bonds.